The molecule has 0 aromatic carbocycles. The smallest absolute Gasteiger partial charge is 0.0273 e. The number of rotatable bonds is 2. The van der Waals surface area contributed by atoms with Crippen LogP contribution in [0, 0.1) is 6.92 Å². The van der Waals surface area contributed by atoms with Crippen molar-refractivity contribution in [3.05, 3.63) is 44.3 Å². The Hall–Kier alpha value is -0.860. The summed E-state index contributed by atoms with van der Waals surface area (Å²) >= 11 is 3.56. The lowest BCUT2D eigenvalue weighted by molar-refractivity contribution is 1.64. The van der Waals surface area contributed by atoms with Crippen molar-refractivity contribution in [3.63, 3.8) is 0 Å². The van der Waals surface area contributed by atoms with Gasteiger partial charge in [0.1, 0.15) is 0 Å². The van der Waals surface area contributed by atoms with Gasteiger partial charge in [-0.2, -0.15) is 11.3 Å². The van der Waals surface area contributed by atoms with Gasteiger partial charge in [-0.25, -0.2) is 0 Å². The second-order valence-electron chi connectivity index (χ2n) is 2.84. The molecule has 0 saturated heterocycles. The van der Waals surface area contributed by atoms with E-state index in [0.29, 0.717) is 0 Å². The van der Waals surface area contributed by atoms with E-state index in [9.17, 15) is 0 Å². The van der Waals surface area contributed by atoms with Crippen LogP contribution in [0.4, 0.5) is 0 Å². The SMILES string of the molecule is Cc1ccc(C=Cc2ccsc2)s1. The summed E-state index contributed by atoms with van der Waals surface area (Å²) in [6, 6.07) is 6.43. The third-order valence-electron chi connectivity index (χ3n) is 1.74. The van der Waals surface area contributed by atoms with E-state index in [1.807, 2.05) is 11.3 Å². The maximum atomic E-state index is 2.17. The molecule has 0 aliphatic heterocycles. The van der Waals surface area contributed by atoms with Crippen LogP contribution < -0.4 is 0 Å². The molecule has 2 aromatic rings. The highest BCUT2D eigenvalue weighted by molar-refractivity contribution is 7.12. The minimum absolute atomic E-state index is 1.29. The molecule has 0 unspecified atom stereocenters. The van der Waals surface area contributed by atoms with Gasteiger partial charge in [-0.15, -0.1) is 11.3 Å². The largest absolute Gasteiger partial charge is 0.152 e. The second kappa shape index (κ2) is 3.90. The molecule has 2 aromatic heterocycles. The van der Waals surface area contributed by atoms with Crippen LogP contribution in [0.3, 0.4) is 0 Å². The van der Waals surface area contributed by atoms with Crippen LogP contribution in [-0.4, -0.2) is 0 Å². The van der Waals surface area contributed by atoms with Crippen LogP contribution in [0.1, 0.15) is 15.3 Å². The Labute approximate surface area is 86.2 Å². The Kier molecular flexibility index (Phi) is 2.62. The van der Waals surface area contributed by atoms with E-state index in [1.165, 1.54) is 15.3 Å². The molecule has 13 heavy (non-hydrogen) atoms. The summed E-state index contributed by atoms with van der Waals surface area (Å²) in [6.45, 7) is 2.13. The minimum atomic E-state index is 1.29. The summed E-state index contributed by atoms with van der Waals surface area (Å²) in [5, 5.41) is 4.25. The first-order valence-corrected chi connectivity index (χ1v) is 5.87. The zero-order chi connectivity index (χ0) is 9.10. The fourth-order valence-corrected chi connectivity index (χ4v) is 2.50. The third kappa shape index (κ3) is 2.29. The van der Waals surface area contributed by atoms with E-state index in [1.54, 1.807) is 11.3 Å². The van der Waals surface area contributed by atoms with Gasteiger partial charge in [-0.1, -0.05) is 6.08 Å². The molecule has 0 N–H and O–H groups in total. The van der Waals surface area contributed by atoms with Gasteiger partial charge in [-0.3, -0.25) is 0 Å². The van der Waals surface area contributed by atoms with Crippen LogP contribution in [0.5, 0.6) is 0 Å². The highest BCUT2D eigenvalue weighted by Gasteiger charge is 1.91. The van der Waals surface area contributed by atoms with E-state index < -0.39 is 0 Å². The van der Waals surface area contributed by atoms with Crippen LogP contribution in [0.25, 0.3) is 12.2 Å². The summed E-state index contributed by atoms with van der Waals surface area (Å²) in [5.74, 6) is 0. The monoisotopic (exact) mass is 206 g/mol. The van der Waals surface area contributed by atoms with Crippen molar-refractivity contribution in [3.8, 4) is 0 Å². The van der Waals surface area contributed by atoms with Crippen molar-refractivity contribution >= 4 is 34.8 Å². The maximum Gasteiger partial charge on any atom is 0.0273 e. The highest BCUT2D eigenvalue weighted by atomic mass is 32.1. The van der Waals surface area contributed by atoms with E-state index in [4.69, 9.17) is 0 Å². The van der Waals surface area contributed by atoms with Gasteiger partial charge in [0.05, 0.1) is 0 Å². The molecule has 0 saturated carbocycles. The average Bonchev–Trinajstić information content (AvgIpc) is 2.71. The lowest BCUT2D eigenvalue weighted by Crippen LogP contribution is -1.59. The summed E-state index contributed by atoms with van der Waals surface area (Å²) in [7, 11) is 0. The quantitative estimate of drug-likeness (QED) is 0.687. The molecule has 2 heterocycles. The Morgan fingerprint density at radius 3 is 2.69 bits per heavy atom. The lowest BCUT2D eigenvalue weighted by Gasteiger charge is -1.83. The van der Waals surface area contributed by atoms with Crippen molar-refractivity contribution in [2.45, 2.75) is 6.92 Å². The molecule has 0 fully saturated rings. The molecular formula is C11H10S2. The van der Waals surface area contributed by atoms with E-state index in [0.717, 1.165) is 0 Å². The number of thiophene rings is 2. The standard InChI is InChI=1S/C11H10S2/c1-9-2-4-11(13-9)5-3-10-6-7-12-8-10/h2-8H,1H3. The first kappa shape index (κ1) is 8.73. The maximum absolute atomic E-state index is 2.17. The van der Waals surface area contributed by atoms with Gasteiger partial charge < -0.3 is 0 Å². The Morgan fingerprint density at radius 2 is 2.08 bits per heavy atom. The first-order valence-electron chi connectivity index (χ1n) is 4.11. The molecule has 0 spiro atoms. The van der Waals surface area contributed by atoms with Crippen LogP contribution in [-0.2, 0) is 0 Å². The zero-order valence-corrected chi connectivity index (χ0v) is 8.99. The van der Waals surface area contributed by atoms with Crippen molar-refractivity contribution < 1.29 is 0 Å². The summed E-state index contributed by atoms with van der Waals surface area (Å²) in [5.41, 5.74) is 1.29. The molecule has 0 amide bonds. The first-order chi connectivity index (χ1) is 6.34. The number of hydrogen-bond acceptors (Lipinski definition) is 2. The normalized spacial score (nSPS) is 11.2. The molecule has 2 rings (SSSR count). The molecule has 0 aliphatic carbocycles. The van der Waals surface area contributed by atoms with E-state index >= 15 is 0 Å². The Bertz CT molecular complexity index is 393. The van der Waals surface area contributed by atoms with Crippen LogP contribution in [0.15, 0.2) is 29.0 Å². The van der Waals surface area contributed by atoms with E-state index in [-0.39, 0.29) is 0 Å². The van der Waals surface area contributed by atoms with Gasteiger partial charge >= 0.3 is 0 Å². The lowest BCUT2D eigenvalue weighted by atomic mass is 10.3. The van der Waals surface area contributed by atoms with Crippen molar-refractivity contribution in [1.29, 1.82) is 0 Å². The molecular weight excluding hydrogens is 196 g/mol. The Morgan fingerprint density at radius 1 is 1.15 bits per heavy atom. The van der Waals surface area contributed by atoms with Gasteiger partial charge in [-0.05, 0) is 47.5 Å². The summed E-state index contributed by atoms with van der Waals surface area (Å²) < 4.78 is 0. The molecule has 2 heteroatoms. The number of hydrogen-bond donors (Lipinski definition) is 0. The topological polar surface area (TPSA) is 0 Å². The average molecular weight is 206 g/mol. The molecule has 0 nitrogen and oxygen atoms in total. The zero-order valence-electron chi connectivity index (χ0n) is 7.36. The summed E-state index contributed by atoms with van der Waals surface area (Å²) in [6.07, 6.45) is 4.32. The minimum Gasteiger partial charge on any atom is -0.152 e. The fraction of sp³-hybridized carbons (Fsp3) is 0.0909. The van der Waals surface area contributed by atoms with Gasteiger partial charge in [0, 0.05) is 9.75 Å². The van der Waals surface area contributed by atoms with Crippen molar-refractivity contribution in [2.75, 3.05) is 0 Å². The van der Waals surface area contributed by atoms with Crippen LogP contribution in [0.2, 0.25) is 0 Å². The van der Waals surface area contributed by atoms with Gasteiger partial charge in [0.15, 0.2) is 0 Å². The molecule has 0 aliphatic rings. The second-order valence-corrected chi connectivity index (χ2v) is 4.94. The van der Waals surface area contributed by atoms with Gasteiger partial charge in [0.25, 0.3) is 0 Å². The third-order valence-corrected chi connectivity index (χ3v) is 3.41. The van der Waals surface area contributed by atoms with Crippen LogP contribution >= 0.6 is 22.7 Å². The Balaban J connectivity index is 2.14. The summed E-state index contributed by atoms with van der Waals surface area (Å²) in [4.78, 5) is 2.69. The number of aryl methyl sites for hydroxylation is 1. The highest BCUT2D eigenvalue weighted by Crippen LogP contribution is 2.18. The molecule has 0 bridgehead atoms. The predicted molar refractivity (Wildman–Crippen MR) is 62.3 cm³/mol. The van der Waals surface area contributed by atoms with E-state index in [2.05, 4.69) is 48.0 Å². The van der Waals surface area contributed by atoms with Gasteiger partial charge in [0.2, 0.25) is 0 Å². The molecule has 0 atom stereocenters. The molecule has 0 radical (unpaired) electrons. The predicted octanol–water partition coefficient (Wildman–Crippen LogP) is 4.29. The molecule has 66 valence electrons. The van der Waals surface area contributed by atoms with Crippen molar-refractivity contribution in [1.82, 2.24) is 0 Å². The van der Waals surface area contributed by atoms with Crippen molar-refractivity contribution in [2.24, 2.45) is 0 Å². The fourth-order valence-electron chi connectivity index (χ4n) is 1.09.